The van der Waals surface area contributed by atoms with E-state index in [2.05, 4.69) is 9.97 Å². The molecule has 174 valence electrons. The molecule has 2 aromatic rings. The molecule has 0 radical (unpaired) electrons. The third-order valence-electron chi connectivity index (χ3n) is 5.16. The molecular formula is C19H17F3N6O5. The fourth-order valence-electron chi connectivity index (χ4n) is 3.68. The highest BCUT2D eigenvalue weighted by atomic mass is 19.4. The van der Waals surface area contributed by atoms with Gasteiger partial charge in [-0.3, -0.25) is 14.5 Å². The van der Waals surface area contributed by atoms with Crippen LogP contribution in [0.5, 0.6) is 5.88 Å². The van der Waals surface area contributed by atoms with Crippen LogP contribution in [0.3, 0.4) is 0 Å². The molecule has 2 aliphatic rings. The molecule has 14 heteroatoms. The highest BCUT2D eigenvalue weighted by Gasteiger charge is 2.40. The van der Waals surface area contributed by atoms with Crippen LogP contribution >= 0.6 is 0 Å². The van der Waals surface area contributed by atoms with Gasteiger partial charge in [-0.15, -0.1) is 0 Å². The van der Waals surface area contributed by atoms with E-state index in [0.717, 1.165) is 33.2 Å². The number of amides is 3. The molecule has 0 aliphatic carbocycles. The Morgan fingerprint density at radius 1 is 1.15 bits per heavy atom. The van der Waals surface area contributed by atoms with Crippen LogP contribution < -0.4 is 20.3 Å². The van der Waals surface area contributed by atoms with Crippen LogP contribution in [-0.2, 0) is 11.0 Å². The van der Waals surface area contributed by atoms with Crippen LogP contribution in [0.1, 0.15) is 15.9 Å². The number of fused-ring (bicyclic) bond motifs is 1. The lowest BCUT2D eigenvalue weighted by Crippen LogP contribution is -2.36. The monoisotopic (exact) mass is 466 g/mol. The molecule has 1 aromatic carbocycles. The lowest BCUT2D eigenvalue weighted by molar-refractivity contribution is -0.138. The summed E-state index contributed by atoms with van der Waals surface area (Å²) in [5.74, 6) is -2.25. The van der Waals surface area contributed by atoms with Gasteiger partial charge in [-0.05, 0) is 18.2 Å². The maximum absolute atomic E-state index is 14.0. The average molecular weight is 466 g/mol. The predicted octanol–water partition coefficient (Wildman–Crippen LogP) is 1.44. The van der Waals surface area contributed by atoms with Crippen molar-refractivity contribution >= 4 is 35.1 Å². The zero-order chi connectivity index (χ0) is 23.9. The first-order valence-electron chi connectivity index (χ1n) is 9.62. The van der Waals surface area contributed by atoms with E-state index in [1.807, 2.05) is 0 Å². The van der Waals surface area contributed by atoms with Gasteiger partial charge in [0.05, 0.1) is 17.8 Å². The molecule has 3 N–H and O–H groups in total. The summed E-state index contributed by atoms with van der Waals surface area (Å²) in [5, 5.41) is 8.89. The molecule has 33 heavy (non-hydrogen) atoms. The Kier molecular flexibility index (Phi) is 5.43. The molecule has 11 nitrogen and oxygen atoms in total. The Hall–Kier alpha value is -4.10. The average Bonchev–Trinajstić information content (AvgIpc) is 2.99. The maximum Gasteiger partial charge on any atom is 0.418 e. The van der Waals surface area contributed by atoms with Gasteiger partial charge in [0.1, 0.15) is 30.9 Å². The summed E-state index contributed by atoms with van der Waals surface area (Å²) in [6.07, 6.45) is -3.76. The molecule has 3 amide bonds. The number of nitrogens with two attached hydrogens (primary N) is 1. The topological polar surface area (TPSA) is 142 Å². The van der Waals surface area contributed by atoms with Gasteiger partial charge >= 0.3 is 18.2 Å². The molecular weight excluding hydrogens is 449 g/mol. The Bertz CT molecular complexity index is 1140. The van der Waals surface area contributed by atoms with Crippen LogP contribution in [0.15, 0.2) is 24.5 Å². The van der Waals surface area contributed by atoms with E-state index in [0.29, 0.717) is 0 Å². The third kappa shape index (κ3) is 4.06. The van der Waals surface area contributed by atoms with Crippen molar-refractivity contribution in [2.24, 2.45) is 0 Å². The van der Waals surface area contributed by atoms with Gasteiger partial charge in [0.2, 0.25) is 5.88 Å². The first-order valence-corrected chi connectivity index (χ1v) is 9.62. The highest BCUT2D eigenvalue weighted by Crippen LogP contribution is 2.40. The lowest BCUT2D eigenvalue weighted by Gasteiger charge is -2.25. The minimum atomic E-state index is -4.86. The number of hydrogen-bond acceptors (Lipinski definition) is 7. The number of carboxylic acid groups (broad SMARTS) is 1. The minimum absolute atomic E-state index is 0.0395. The molecule has 0 atom stereocenters. The highest BCUT2D eigenvalue weighted by molar-refractivity contribution is 6.11. The number of alkyl halides is 3. The quantitative estimate of drug-likeness (QED) is 0.690. The van der Waals surface area contributed by atoms with Crippen LogP contribution in [0, 0.1) is 0 Å². The number of aromatic nitrogens is 2. The van der Waals surface area contributed by atoms with Gasteiger partial charge in [-0.25, -0.2) is 14.8 Å². The van der Waals surface area contributed by atoms with Crippen molar-refractivity contribution in [3.8, 4) is 5.88 Å². The van der Waals surface area contributed by atoms with Crippen molar-refractivity contribution in [1.82, 2.24) is 14.9 Å². The summed E-state index contributed by atoms with van der Waals surface area (Å²) >= 11 is 0. The second-order valence-electron chi connectivity index (χ2n) is 7.19. The Labute approximate surface area is 184 Å². The SMILES string of the molecule is Nc1ncnc2c1C(=O)N(c1ccc(N3CCN(CC(=O)O)C3=O)c(C(F)(F)F)c1)CCO2. The zero-order valence-electron chi connectivity index (χ0n) is 16.9. The predicted molar refractivity (Wildman–Crippen MR) is 107 cm³/mol. The third-order valence-corrected chi connectivity index (χ3v) is 5.16. The molecule has 3 heterocycles. The number of nitrogens with zero attached hydrogens (tertiary/aromatic N) is 5. The van der Waals surface area contributed by atoms with E-state index < -0.39 is 41.9 Å². The summed E-state index contributed by atoms with van der Waals surface area (Å²) in [6.45, 7) is -0.915. The van der Waals surface area contributed by atoms with E-state index >= 15 is 0 Å². The van der Waals surface area contributed by atoms with E-state index in [9.17, 15) is 27.6 Å². The summed E-state index contributed by atoms with van der Waals surface area (Å²) in [5.41, 5.74) is 3.92. The number of halogens is 3. The number of carbonyl (C=O) groups is 3. The summed E-state index contributed by atoms with van der Waals surface area (Å²) in [6, 6.07) is 2.24. The minimum Gasteiger partial charge on any atom is -0.480 e. The number of hydrogen-bond donors (Lipinski definition) is 2. The van der Waals surface area contributed by atoms with Crippen molar-refractivity contribution in [3.05, 3.63) is 35.7 Å². The van der Waals surface area contributed by atoms with E-state index in [-0.39, 0.29) is 49.2 Å². The number of nitrogen functional groups attached to an aromatic ring is 1. The molecule has 0 saturated carbocycles. The fourth-order valence-corrected chi connectivity index (χ4v) is 3.68. The summed E-state index contributed by atoms with van der Waals surface area (Å²) in [7, 11) is 0. The molecule has 1 aromatic heterocycles. The van der Waals surface area contributed by atoms with Crippen molar-refractivity contribution in [1.29, 1.82) is 0 Å². The number of ether oxygens (including phenoxy) is 1. The first kappa shape index (κ1) is 22.1. The molecule has 0 bridgehead atoms. The molecule has 1 saturated heterocycles. The van der Waals surface area contributed by atoms with Crippen LogP contribution in [0.25, 0.3) is 0 Å². The van der Waals surface area contributed by atoms with E-state index in [4.69, 9.17) is 15.6 Å². The van der Waals surface area contributed by atoms with Crippen LogP contribution in [0.4, 0.5) is 35.2 Å². The Balaban J connectivity index is 1.72. The summed E-state index contributed by atoms with van der Waals surface area (Å²) in [4.78, 5) is 46.9. The smallest absolute Gasteiger partial charge is 0.418 e. The molecule has 1 fully saturated rings. The maximum atomic E-state index is 14.0. The number of urea groups is 1. The number of anilines is 3. The van der Waals surface area contributed by atoms with Gasteiger partial charge in [-0.2, -0.15) is 13.2 Å². The van der Waals surface area contributed by atoms with Gasteiger partial charge in [0.15, 0.2) is 0 Å². The largest absolute Gasteiger partial charge is 0.480 e. The standard InChI is InChI=1S/C19H17F3N6O5/c20-19(21,22)11-7-10(1-2-12(11)28-4-3-26(18(28)32)8-13(29)30)27-5-6-33-16-14(17(27)31)15(23)24-9-25-16/h1-2,7,9H,3-6,8H2,(H,29,30)(H2,23,24,25). The van der Waals surface area contributed by atoms with Gasteiger partial charge in [-0.1, -0.05) is 0 Å². The van der Waals surface area contributed by atoms with Crippen molar-refractivity contribution < 1.29 is 37.4 Å². The van der Waals surface area contributed by atoms with E-state index in [1.165, 1.54) is 6.07 Å². The Morgan fingerprint density at radius 3 is 2.61 bits per heavy atom. The van der Waals surface area contributed by atoms with Crippen molar-refractivity contribution in [3.63, 3.8) is 0 Å². The lowest BCUT2D eigenvalue weighted by atomic mass is 10.1. The van der Waals surface area contributed by atoms with Crippen LogP contribution in [-0.4, -0.2) is 70.7 Å². The molecule has 0 spiro atoms. The van der Waals surface area contributed by atoms with E-state index in [1.54, 1.807) is 0 Å². The number of carbonyl (C=O) groups excluding carboxylic acids is 2. The first-order chi connectivity index (χ1) is 15.6. The Morgan fingerprint density at radius 2 is 1.91 bits per heavy atom. The van der Waals surface area contributed by atoms with Gasteiger partial charge in [0, 0.05) is 18.8 Å². The molecule has 2 aliphatic heterocycles. The summed E-state index contributed by atoms with van der Waals surface area (Å²) < 4.78 is 47.2. The van der Waals surface area contributed by atoms with Crippen molar-refractivity contribution in [2.45, 2.75) is 6.18 Å². The van der Waals surface area contributed by atoms with Crippen LogP contribution in [0.2, 0.25) is 0 Å². The van der Waals surface area contributed by atoms with Gasteiger partial charge < -0.3 is 25.4 Å². The second kappa shape index (κ2) is 8.11. The number of aliphatic carboxylic acids is 1. The number of carboxylic acids is 1. The fraction of sp³-hybridized carbons (Fsp3) is 0.316. The van der Waals surface area contributed by atoms with Crippen molar-refractivity contribution in [2.75, 3.05) is 48.3 Å². The number of benzene rings is 1. The molecule has 4 rings (SSSR count). The molecule has 0 unspecified atom stereocenters. The zero-order valence-corrected chi connectivity index (χ0v) is 16.9. The number of rotatable bonds is 4. The normalized spacial score (nSPS) is 16.5. The second-order valence-corrected chi connectivity index (χ2v) is 7.19. The van der Waals surface area contributed by atoms with Gasteiger partial charge in [0.25, 0.3) is 5.91 Å².